The van der Waals surface area contributed by atoms with Gasteiger partial charge in [-0.1, -0.05) is 26.8 Å². The second kappa shape index (κ2) is 18.1. The summed E-state index contributed by atoms with van der Waals surface area (Å²) in [4.78, 5) is 63.2. The summed E-state index contributed by atoms with van der Waals surface area (Å²) in [5.41, 5.74) is -0.0502. The van der Waals surface area contributed by atoms with Crippen LogP contribution in [0.25, 0.3) is 22.3 Å². The summed E-state index contributed by atoms with van der Waals surface area (Å²) in [6, 6.07) is 6.32. The van der Waals surface area contributed by atoms with Gasteiger partial charge in [-0.25, -0.2) is 19.3 Å². The molecule has 6 rings (SSSR count). The van der Waals surface area contributed by atoms with E-state index in [2.05, 4.69) is 27.6 Å². The normalized spacial score (nSPS) is 23.6. The fourth-order valence-electron chi connectivity index (χ4n) is 7.71. The predicted molar refractivity (Wildman–Crippen MR) is 226 cm³/mol. The summed E-state index contributed by atoms with van der Waals surface area (Å²) >= 11 is 1.48. The molecule has 5 N–H and O–H groups in total. The molecule has 0 radical (unpaired) electrons. The molecule has 2 saturated carbocycles. The van der Waals surface area contributed by atoms with E-state index in [1.54, 1.807) is 13.2 Å². The van der Waals surface area contributed by atoms with Gasteiger partial charge < -0.3 is 35.1 Å². The van der Waals surface area contributed by atoms with Gasteiger partial charge in [-0.2, -0.15) is 0 Å². The van der Waals surface area contributed by atoms with Gasteiger partial charge in [0.1, 0.15) is 34.9 Å². The van der Waals surface area contributed by atoms with Crippen LogP contribution in [0.5, 0.6) is 11.5 Å². The van der Waals surface area contributed by atoms with Crippen LogP contribution in [0.2, 0.25) is 0 Å². The van der Waals surface area contributed by atoms with E-state index in [1.807, 2.05) is 69.2 Å². The van der Waals surface area contributed by atoms with Gasteiger partial charge in [-0.05, 0) is 70.4 Å². The van der Waals surface area contributed by atoms with Gasteiger partial charge in [0.25, 0.3) is 5.91 Å². The SMILES string of the molecule is C=C[C@@H]1C[C@]1(NC(=O)[C@@H]1C[C@@H](Oc2cc(-c3csc(NC(C)C)n3)nc3cc(OC)ccc23)CN1C[C@@H](NC(=O)OC1CCCC1)C(C)(C)C)C(=O)NP(=O)(O)OCC. The Morgan fingerprint density at radius 2 is 1.88 bits per heavy atom. The standard InChI is InChI=1S/C41H58N7O9PS/c1-9-25-20-41(25,37(50)47-58(52,53)55-10-2)46-36(49)33-18-28(21-48(33)22-35(40(5,6)7)45-39(51)57-26-13-11-12-14-26)56-34-19-31(32-23-59-38(44-32)42-24(3)4)43-30-17-27(54-8)15-16-29(30)34/h9,15-17,19,23-26,28,33,35H,1,10-14,18,20-22H2,2-8H3,(H,42,44)(H,45,51)(H,46,49)(H2,47,50,52,53)/t25-,28-,33+,35-,41-/m1/s1. The molecule has 0 bridgehead atoms. The number of amides is 3. The van der Waals surface area contributed by atoms with Crippen molar-refractivity contribution in [1.29, 1.82) is 0 Å². The monoisotopic (exact) mass is 855 g/mol. The third-order valence-corrected chi connectivity index (χ3v) is 12.9. The third-order valence-electron chi connectivity index (χ3n) is 11.0. The first kappa shape index (κ1) is 44.3. The number of carbonyl (C=O) groups excluding carboxylic acids is 3. The number of methoxy groups -OCH3 is 1. The molecule has 16 nitrogen and oxygen atoms in total. The molecule has 2 aliphatic carbocycles. The Morgan fingerprint density at radius 1 is 1.14 bits per heavy atom. The Bertz CT molecular complexity index is 2070. The molecule has 0 spiro atoms. The summed E-state index contributed by atoms with van der Waals surface area (Å²) in [5, 5.41) is 14.9. The van der Waals surface area contributed by atoms with Crippen LogP contribution >= 0.6 is 19.1 Å². The molecular formula is C41H58N7O9PS. The molecule has 6 atom stereocenters. The first-order chi connectivity index (χ1) is 27.9. The molecule has 1 aromatic carbocycles. The minimum atomic E-state index is -4.48. The van der Waals surface area contributed by atoms with Gasteiger partial charge >= 0.3 is 13.8 Å². The molecule has 3 heterocycles. The fourth-order valence-corrected chi connectivity index (χ4v) is 9.44. The zero-order chi connectivity index (χ0) is 42.7. The highest BCUT2D eigenvalue weighted by molar-refractivity contribution is 7.51. The number of thiazole rings is 1. The quantitative estimate of drug-likeness (QED) is 0.0738. The lowest BCUT2D eigenvalue weighted by atomic mass is 9.86. The molecule has 1 unspecified atom stereocenters. The number of nitrogens with zero attached hydrogens (tertiary/aromatic N) is 3. The van der Waals surface area contributed by atoms with Crippen LogP contribution in [0.1, 0.15) is 80.1 Å². The van der Waals surface area contributed by atoms with Crippen LogP contribution < -0.4 is 30.5 Å². The summed E-state index contributed by atoms with van der Waals surface area (Å²) < 4.78 is 35.6. The maximum absolute atomic E-state index is 14.5. The first-order valence-corrected chi connectivity index (χ1v) is 22.7. The number of fused-ring (bicyclic) bond motifs is 1. The average Bonchev–Trinajstić information content (AvgIpc) is 3.55. The number of benzene rings is 1. The zero-order valence-corrected chi connectivity index (χ0v) is 36.6. The van der Waals surface area contributed by atoms with Crippen molar-refractivity contribution in [3.8, 4) is 22.9 Å². The lowest BCUT2D eigenvalue weighted by Gasteiger charge is -2.36. The van der Waals surface area contributed by atoms with Crippen LogP contribution in [0, 0.1) is 11.3 Å². The van der Waals surface area contributed by atoms with Crippen molar-refractivity contribution in [1.82, 2.24) is 30.6 Å². The molecule has 18 heteroatoms. The van der Waals surface area contributed by atoms with Crippen LogP contribution in [0.4, 0.5) is 9.93 Å². The third kappa shape index (κ3) is 10.7. The Hall–Kier alpha value is -4.28. The fraction of sp³-hybridized carbons (Fsp3) is 0.585. The van der Waals surface area contributed by atoms with Crippen molar-refractivity contribution in [3.05, 3.63) is 42.3 Å². The van der Waals surface area contributed by atoms with Crippen molar-refractivity contribution in [2.24, 2.45) is 11.3 Å². The van der Waals surface area contributed by atoms with Gasteiger partial charge in [0.2, 0.25) is 5.91 Å². The summed E-state index contributed by atoms with van der Waals surface area (Å²) in [6.07, 6.45) is 4.48. The maximum atomic E-state index is 14.5. The summed E-state index contributed by atoms with van der Waals surface area (Å²) in [5.74, 6) is -0.631. The average molecular weight is 856 g/mol. The van der Waals surface area contributed by atoms with Crippen molar-refractivity contribution in [3.63, 3.8) is 0 Å². The first-order valence-electron chi connectivity index (χ1n) is 20.3. The van der Waals surface area contributed by atoms with Gasteiger partial charge in [0, 0.05) is 60.4 Å². The zero-order valence-electron chi connectivity index (χ0n) is 34.9. The number of carbonyl (C=O) groups is 3. The minimum Gasteiger partial charge on any atom is -0.497 e. The molecule has 2 aromatic heterocycles. The van der Waals surface area contributed by atoms with Crippen molar-refractivity contribution >= 4 is 53.0 Å². The number of alkyl carbamates (subject to hydrolysis) is 1. The van der Waals surface area contributed by atoms with Crippen molar-refractivity contribution in [2.45, 2.75) is 116 Å². The van der Waals surface area contributed by atoms with Crippen LogP contribution in [-0.4, -0.2) is 100 Å². The highest BCUT2D eigenvalue weighted by Gasteiger charge is 2.61. The van der Waals surface area contributed by atoms with Crippen molar-refractivity contribution in [2.75, 3.05) is 32.1 Å². The van der Waals surface area contributed by atoms with Crippen LogP contribution in [0.15, 0.2) is 42.3 Å². The lowest BCUT2D eigenvalue weighted by molar-refractivity contribution is -0.132. The second-order valence-electron chi connectivity index (χ2n) is 16.9. The van der Waals surface area contributed by atoms with Crippen molar-refractivity contribution < 1.29 is 42.6 Å². The number of ether oxygens (including phenoxy) is 3. The van der Waals surface area contributed by atoms with Gasteiger partial charge in [-0.3, -0.25) is 24.1 Å². The van der Waals surface area contributed by atoms with Gasteiger partial charge in [0.15, 0.2) is 5.13 Å². The number of nitrogens with one attached hydrogen (secondary N) is 4. The second-order valence-corrected chi connectivity index (χ2v) is 19.3. The smallest absolute Gasteiger partial charge is 0.432 e. The van der Waals surface area contributed by atoms with Gasteiger partial charge in [-0.15, -0.1) is 17.9 Å². The number of hydrogen-bond donors (Lipinski definition) is 5. The van der Waals surface area contributed by atoms with E-state index < -0.39 is 60.7 Å². The molecule has 59 heavy (non-hydrogen) atoms. The number of aromatic nitrogens is 2. The largest absolute Gasteiger partial charge is 0.497 e. The molecular weight excluding hydrogens is 798 g/mol. The molecule has 3 aliphatic rings. The van der Waals surface area contributed by atoms with E-state index in [-0.39, 0.29) is 38.1 Å². The molecule has 1 saturated heterocycles. The topological polar surface area (TPSA) is 203 Å². The van der Waals surface area contributed by atoms with Crippen LogP contribution in [-0.2, 0) is 23.4 Å². The highest BCUT2D eigenvalue weighted by atomic mass is 32.1. The number of pyridine rings is 1. The molecule has 3 amide bonds. The minimum absolute atomic E-state index is 0.101. The van der Waals surface area contributed by atoms with E-state index in [0.29, 0.717) is 34.9 Å². The summed E-state index contributed by atoms with van der Waals surface area (Å²) in [6.45, 7) is 15.9. The Balaban J connectivity index is 1.31. The molecule has 322 valence electrons. The number of likely N-dealkylation sites (tertiary alicyclic amines) is 1. The lowest BCUT2D eigenvalue weighted by Crippen LogP contribution is -2.57. The number of hydrogen-bond acceptors (Lipinski definition) is 13. The predicted octanol–water partition coefficient (Wildman–Crippen LogP) is 6.41. The number of anilines is 1. The van der Waals surface area contributed by atoms with E-state index >= 15 is 0 Å². The molecule has 3 fully saturated rings. The van der Waals surface area contributed by atoms with Crippen LogP contribution in [0.3, 0.4) is 0 Å². The molecule has 1 aliphatic heterocycles. The van der Waals surface area contributed by atoms with Gasteiger partial charge in [0.05, 0.1) is 31.0 Å². The van der Waals surface area contributed by atoms with E-state index in [0.717, 1.165) is 36.2 Å². The Labute approximate surface area is 349 Å². The Kier molecular flexibility index (Phi) is 13.6. The van der Waals surface area contributed by atoms with E-state index in [9.17, 15) is 23.8 Å². The molecule has 3 aromatic rings. The Morgan fingerprint density at radius 3 is 2.53 bits per heavy atom. The van der Waals surface area contributed by atoms with E-state index in [1.165, 1.54) is 18.3 Å². The maximum Gasteiger partial charge on any atom is 0.432 e. The highest BCUT2D eigenvalue weighted by Crippen LogP contribution is 2.48. The summed E-state index contributed by atoms with van der Waals surface area (Å²) in [7, 11) is -2.89. The van der Waals surface area contributed by atoms with E-state index in [4.69, 9.17) is 28.7 Å². The number of rotatable bonds is 17.